The largest absolute Gasteiger partial charge is 0.484 e. The van der Waals surface area contributed by atoms with Crippen molar-refractivity contribution in [1.82, 2.24) is 10.2 Å². The molecule has 6 heteroatoms. The van der Waals surface area contributed by atoms with E-state index in [-0.39, 0.29) is 30.8 Å². The summed E-state index contributed by atoms with van der Waals surface area (Å²) in [5, 5.41) is 2.85. The number of hydrogen-bond acceptors (Lipinski definition) is 3. The maximum absolute atomic E-state index is 13.5. The van der Waals surface area contributed by atoms with Crippen LogP contribution in [-0.4, -0.2) is 35.9 Å². The Morgan fingerprint density at radius 1 is 0.914 bits per heavy atom. The van der Waals surface area contributed by atoms with Crippen molar-refractivity contribution < 1.29 is 18.7 Å². The number of benzene rings is 3. The second kappa shape index (κ2) is 12.7. The van der Waals surface area contributed by atoms with Gasteiger partial charge in [0.2, 0.25) is 5.91 Å². The Morgan fingerprint density at radius 3 is 2.17 bits per heavy atom. The first kappa shape index (κ1) is 25.9. The van der Waals surface area contributed by atoms with Crippen LogP contribution in [0.5, 0.6) is 5.75 Å². The van der Waals surface area contributed by atoms with E-state index in [9.17, 15) is 14.0 Å². The van der Waals surface area contributed by atoms with Crippen molar-refractivity contribution in [3.63, 3.8) is 0 Å². The molecule has 0 unspecified atom stereocenters. The van der Waals surface area contributed by atoms with Crippen LogP contribution >= 0.6 is 0 Å². The van der Waals surface area contributed by atoms with E-state index in [2.05, 4.69) is 19.2 Å². The van der Waals surface area contributed by atoms with Crippen LogP contribution in [-0.2, 0) is 22.6 Å². The van der Waals surface area contributed by atoms with Crippen molar-refractivity contribution in [1.29, 1.82) is 0 Å². The summed E-state index contributed by atoms with van der Waals surface area (Å²) in [7, 11) is 0. The van der Waals surface area contributed by atoms with Crippen LogP contribution in [0, 0.1) is 5.82 Å². The van der Waals surface area contributed by atoms with Gasteiger partial charge in [-0.1, -0.05) is 68.4 Å². The van der Waals surface area contributed by atoms with Crippen LogP contribution in [0.25, 0.3) is 0 Å². The molecule has 0 heterocycles. The smallest absolute Gasteiger partial charge is 0.261 e. The van der Waals surface area contributed by atoms with Gasteiger partial charge in [0.1, 0.15) is 17.6 Å². The number of rotatable bonds is 11. The zero-order valence-corrected chi connectivity index (χ0v) is 20.5. The molecule has 3 aromatic rings. The Morgan fingerprint density at radius 2 is 1.57 bits per heavy atom. The highest BCUT2D eigenvalue weighted by molar-refractivity contribution is 5.88. The summed E-state index contributed by atoms with van der Waals surface area (Å²) >= 11 is 0. The molecule has 1 atom stereocenters. The fraction of sp³-hybridized carbons (Fsp3) is 0.310. The molecular formula is C29H33FN2O3. The summed E-state index contributed by atoms with van der Waals surface area (Å²) in [5.41, 5.74) is 2.84. The summed E-state index contributed by atoms with van der Waals surface area (Å²) in [4.78, 5) is 28.1. The van der Waals surface area contributed by atoms with E-state index in [0.717, 1.165) is 11.1 Å². The third-order valence-electron chi connectivity index (χ3n) is 5.80. The van der Waals surface area contributed by atoms with Gasteiger partial charge in [0.05, 0.1) is 0 Å². The van der Waals surface area contributed by atoms with Gasteiger partial charge in [-0.05, 0) is 53.8 Å². The lowest BCUT2D eigenvalue weighted by Gasteiger charge is -2.31. The highest BCUT2D eigenvalue weighted by Gasteiger charge is 2.30. The molecule has 0 saturated carbocycles. The predicted molar refractivity (Wildman–Crippen MR) is 136 cm³/mol. The number of carbonyl (C=O) groups excluding carboxylic acids is 2. The molecule has 3 aromatic carbocycles. The topological polar surface area (TPSA) is 58.6 Å². The molecule has 0 aliphatic heterocycles. The summed E-state index contributed by atoms with van der Waals surface area (Å²) in [5.74, 6) is 0.0571. The maximum atomic E-state index is 13.5. The molecule has 184 valence electrons. The lowest BCUT2D eigenvalue weighted by atomic mass is 10.0. The summed E-state index contributed by atoms with van der Waals surface area (Å²) in [6.45, 7) is 6.45. The van der Waals surface area contributed by atoms with E-state index >= 15 is 0 Å². The van der Waals surface area contributed by atoms with E-state index in [0.29, 0.717) is 24.6 Å². The predicted octanol–water partition coefficient (Wildman–Crippen LogP) is 5.10. The molecule has 0 saturated heterocycles. The van der Waals surface area contributed by atoms with Crippen LogP contribution in [0.1, 0.15) is 43.4 Å². The van der Waals surface area contributed by atoms with Crippen molar-refractivity contribution in [3.8, 4) is 5.75 Å². The molecule has 0 aromatic heterocycles. The second-order valence-electron chi connectivity index (χ2n) is 8.76. The number of halogens is 1. The highest BCUT2D eigenvalue weighted by atomic mass is 19.1. The van der Waals surface area contributed by atoms with Crippen LogP contribution in [0.2, 0.25) is 0 Å². The zero-order valence-electron chi connectivity index (χ0n) is 20.5. The third kappa shape index (κ3) is 7.67. The number of nitrogens with one attached hydrogen (secondary N) is 1. The minimum absolute atomic E-state index is 0.156. The van der Waals surface area contributed by atoms with Gasteiger partial charge in [0, 0.05) is 19.5 Å². The minimum Gasteiger partial charge on any atom is -0.484 e. The first-order valence-electron chi connectivity index (χ1n) is 12.0. The van der Waals surface area contributed by atoms with E-state index < -0.39 is 6.04 Å². The van der Waals surface area contributed by atoms with Crippen molar-refractivity contribution >= 4 is 11.8 Å². The molecule has 0 aliphatic carbocycles. The molecule has 0 fully saturated rings. The Bertz CT molecular complexity index is 1080. The van der Waals surface area contributed by atoms with Crippen molar-refractivity contribution in [2.75, 3.05) is 13.2 Å². The van der Waals surface area contributed by atoms with Gasteiger partial charge in [0.15, 0.2) is 6.61 Å². The first-order chi connectivity index (χ1) is 16.9. The number of ether oxygens (including phenoxy) is 1. The summed E-state index contributed by atoms with van der Waals surface area (Å²) < 4.78 is 19.3. The molecule has 1 N–H and O–H groups in total. The van der Waals surface area contributed by atoms with E-state index in [4.69, 9.17) is 4.74 Å². The Balaban J connectivity index is 1.85. The van der Waals surface area contributed by atoms with Crippen molar-refractivity contribution in [2.24, 2.45) is 0 Å². The fourth-order valence-electron chi connectivity index (χ4n) is 3.81. The molecule has 5 nitrogen and oxygen atoms in total. The number of likely N-dealkylation sites (N-methyl/N-ethyl adjacent to an activating group) is 1. The average Bonchev–Trinajstić information content (AvgIpc) is 2.86. The van der Waals surface area contributed by atoms with E-state index in [1.165, 1.54) is 22.6 Å². The summed E-state index contributed by atoms with van der Waals surface area (Å²) in [6.07, 6.45) is 0.350. The van der Waals surface area contributed by atoms with Crippen molar-refractivity contribution in [2.45, 2.75) is 45.7 Å². The van der Waals surface area contributed by atoms with Gasteiger partial charge in [-0.3, -0.25) is 9.59 Å². The van der Waals surface area contributed by atoms with Gasteiger partial charge in [-0.15, -0.1) is 0 Å². The second-order valence-corrected chi connectivity index (χ2v) is 8.76. The summed E-state index contributed by atoms with van der Waals surface area (Å²) in [6, 6.07) is 22.4. The average molecular weight is 477 g/mol. The monoisotopic (exact) mass is 476 g/mol. The van der Waals surface area contributed by atoms with Crippen molar-refractivity contribution in [3.05, 3.63) is 101 Å². The van der Waals surface area contributed by atoms with Crippen LogP contribution in [0.15, 0.2) is 78.9 Å². The lowest BCUT2D eigenvalue weighted by Crippen LogP contribution is -2.51. The zero-order chi connectivity index (χ0) is 25.2. The minimum atomic E-state index is -0.748. The van der Waals surface area contributed by atoms with Crippen LogP contribution in [0.3, 0.4) is 0 Å². The molecular weight excluding hydrogens is 443 g/mol. The molecule has 0 spiro atoms. The Labute approximate surface area is 206 Å². The molecule has 0 bridgehead atoms. The maximum Gasteiger partial charge on any atom is 0.261 e. The molecule has 0 radical (unpaired) electrons. The van der Waals surface area contributed by atoms with Gasteiger partial charge in [-0.2, -0.15) is 0 Å². The number of hydrogen-bond donors (Lipinski definition) is 1. The molecule has 2 amide bonds. The Hall–Kier alpha value is -3.67. The first-order valence-corrected chi connectivity index (χ1v) is 12.0. The SMILES string of the molecule is CCNC(=O)[C@@H](Cc1ccccc1)N(Cc1ccc(F)cc1)C(=O)COc1ccc(C(C)C)cc1. The molecule has 0 aliphatic rings. The van der Waals surface area contributed by atoms with Crippen LogP contribution < -0.4 is 10.1 Å². The lowest BCUT2D eigenvalue weighted by molar-refractivity contribution is -0.142. The van der Waals surface area contributed by atoms with Crippen LogP contribution in [0.4, 0.5) is 4.39 Å². The molecule has 35 heavy (non-hydrogen) atoms. The third-order valence-corrected chi connectivity index (χ3v) is 5.80. The highest BCUT2D eigenvalue weighted by Crippen LogP contribution is 2.20. The van der Waals surface area contributed by atoms with Gasteiger partial charge in [0.25, 0.3) is 5.91 Å². The van der Waals surface area contributed by atoms with E-state index in [1.807, 2.05) is 61.5 Å². The standard InChI is InChI=1S/C29H33FN2O3/c1-4-31-29(34)27(18-22-8-6-5-7-9-22)32(19-23-10-14-25(30)15-11-23)28(33)20-35-26-16-12-24(13-17-26)21(2)3/h5-17,21,27H,4,18-20H2,1-3H3,(H,31,34)/t27-/m1/s1. The quantitative estimate of drug-likeness (QED) is 0.419. The molecule has 3 rings (SSSR count). The van der Waals surface area contributed by atoms with E-state index in [1.54, 1.807) is 12.1 Å². The Kier molecular flexibility index (Phi) is 9.41. The van der Waals surface area contributed by atoms with Gasteiger partial charge in [-0.25, -0.2) is 4.39 Å². The number of amides is 2. The van der Waals surface area contributed by atoms with Gasteiger partial charge < -0.3 is 15.0 Å². The van der Waals surface area contributed by atoms with Gasteiger partial charge >= 0.3 is 0 Å². The number of nitrogens with zero attached hydrogens (tertiary/aromatic N) is 1. The number of carbonyl (C=O) groups is 2. The normalized spacial score (nSPS) is 11.7. The fourth-order valence-corrected chi connectivity index (χ4v) is 3.81.